The van der Waals surface area contributed by atoms with Crippen LogP contribution in [0.4, 0.5) is 0 Å². The zero-order chi connectivity index (χ0) is 17.1. The number of hydrogen-bond donors (Lipinski definition) is 1. The Bertz CT molecular complexity index is 610. The van der Waals surface area contributed by atoms with E-state index in [4.69, 9.17) is 0 Å². The molecule has 0 spiro atoms. The minimum atomic E-state index is -0.470. The summed E-state index contributed by atoms with van der Waals surface area (Å²) in [5.74, 6) is 0.483. The van der Waals surface area contributed by atoms with Gasteiger partial charge in [-0.2, -0.15) is 11.8 Å². The summed E-state index contributed by atoms with van der Waals surface area (Å²) in [6.45, 7) is 2.01. The topological polar surface area (TPSA) is 55.4 Å². The van der Waals surface area contributed by atoms with E-state index in [9.17, 15) is 9.59 Å². The number of methoxy groups -OCH3 is 1. The highest BCUT2D eigenvalue weighted by molar-refractivity contribution is 7.98. The predicted octanol–water partition coefficient (Wildman–Crippen LogP) is 3.69. The molecule has 1 amide bonds. The molecule has 0 aliphatic rings. The van der Waals surface area contributed by atoms with Crippen molar-refractivity contribution < 1.29 is 14.3 Å². The standard InChI is InChI=1S/C14H13NO3S.C3H8S/c1-18-13(16)9-15-14(17)11-6-3-2-5-10(11)12-7-4-8-19-12;1-3-4-2/h2-8H,9H2,1H3,(H,15,17);3H2,1-2H3. The van der Waals surface area contributed by atoms with Crippen molar-refractivity contribution in [3.63, 3.8) is 0 Å². The van der Waals surface area contributed by atoms with Crippen LogP contribution in [0.2, 0.25) is 0 Å². The van der Waals surface area contributed by atoms with Gasteiger partial charge in [-0.05, 0) is 29.5 Å². The van der Waals surface area contributed by atoms with E-state index >= 15 is 0 Å². The summed E-state index contributed by atoms with van der Waals surface area (Å²) in [4.78, 5) is 24.1. The van der Waals surface area contributed by atoms with E-state index in [2.05, 4.69) is 23.2 Å². The molecular weight excluding hydrogens is 330 g/mol. The Kier molecular flexibility index (Phi) is 9.09. The molecule has 1 heterocycles. The molecule has 0 saturated carbocycles. The lowest BCUT2D eigenvalue weighted by Crippen LogP contribution is -2.30. The van der Waals surface area contributed by atoms with Crippen LogP contribution in [-0.4, -0.2) is 37.5 Å². The number of nitrogens with one attached hydrogen (secondary N) is 1. The lowest BCUT2D eigenvalue weighted by molar-refractivity contribution is -0.139. The van der Waals surface area contributed by atoms with Gasteiger partial charge in [0, 0.05) is 16.0 Å². The fraction of sp³-hybridized carbons (Fsp3) is 0.294. The van der Waals surface area contributed by atoms with E-state index in [1.807, 2.05) is 41.4 Å². The maximum absolute atomic E-state index is 12.1. The minimum absolute atomic E-state index is 0.131. The Hall–Kier alpha value is -1.79. The molecule has 124 valence electrons. The summed E-state index contributed by atoms with van der Waals surface area (Å²) in [6.07, 6.45) is 2.10. The molecule has 4 nitrogen and oxygen atoms in total. The molecule has 0 fully saturated rings. The average Bonchev–Trinajstić information content (AvgIpc) is 3.14. The van der Waals surface area contributed by atoms with Gasteiger partial charge < -0.3 is 10.1 Å². The van der Waals surface area contributed by atoms with E-state index in [-0.39, 0.29) is 12.5 Å². The number of hydrogen-bond acceptors (Lipinski definition) is 5. The SMILES string of the molecule is CCSC.COC(=O)CNC(=O)c1ccccc1-c1cccs1. The summed E-state index contributed by atoms with van der Waals surface area (Å²) < 4.78 is 4.49. The van der Waals surface area contributed by atoms with Crippen molar-refractivity contribution in [2.45, 2.75) is 6.92 Å². The molecule has 2 aromatic rings. The first-order valence-corrected chi connectivity index (χ1v) is 9.38. The first-order chi connectivity index (χ1) is 11.1. The highest BCUT2D eigenvalue weighted by Crippen LogP contribution is 2.27. The van der Waals surface area contributed by atoms with Crippen LogP contribution in [0.5, 0.6) is 0 Å². The smallest absolute Gasteiger partial charge is 0.325 e. The Morgan fingerprint density at radius 3 is 2.48 bits per heavy atom. The fourth-order valence-corrected chi connectivity index (χ4v) is 2.41. The number of carbonyl (C=O) groups is 2. The third kappa shape index (κ3) is 6.46. The Morgan fingerprint density at radius 2 is 1.91 bits per heavy atom. The maximum atomic E-state index is 12.1. The number of benzene rings is 1. The molecule has 0 aliphatic carbocycles. The van der Waals surface area contributed by atoms with Crippen molar-refractivity contribution >= 4 is 35.0 Å². The van der Waals surface area contributed by atoms with Gasteiger partial charge in [0.2, 0.25) is 0 Å². The first kappa shape index (κ1) is 19.3. The fourth-order valence-electron chi connectivity index (χ4n) is 1.65. The van der Waals surface area contributed by atoms with Crippen LogP contribution in [0.1, 0.15) is 17.3 Å². The van der Waals surface area contributed by atoms with Gasteiger partial charge in [-0.25, -0.2) is 0 Å². The number of ether oxygens (including phenoxy) is 1. The lowest BCUT2D eigenvalue weighted by Gasteiger charge is -2.08. The quantitative estimate of drug-likeness (QED) is 0.835. The summed E-state index contributed by atoms with van der Waals surface area (Å²) in [5, 5.41) is 4.50. The van der Waals surface area contributed by atoms with Gasteiger partial charge in [-0.3, -0.25) is 9.59 Å². The third-order valence-corrected chi connectivity index (χ3v) is 4.35. The van der Waals surface area contributed by atoms with Gasteiger partial charge in [0.15, 0.2) is 0 Å². The molecule has 0 saturated heterocycles. The molecule has 0 bridgehead atoms. The molecule has 0 atom stereocenters. The highest BCUT2D eigenvalue weighted by Gasteiger charge is 2.13. The van der Waals surface area contributed by atoms with Gasteiger partial charge in [0.25, 0.3) is 5.91 Å². The van der Waals surface area contributed by atoms with E-state index in [0.29, 0.717) is 5.56 Å². The second-order valence-corrected chi connectivity index (χ2v) is 6.46. The second-order valence-electron chi connectivity index (χ2n) is 4.36. The predicted molar refractivity (Wildman–Crippen MR) is 98.2 cm³/mol. The van der Waals surface area contributed by atoms with E-state index < -0.39 is 5.97 Å². The van der Waals surface area contributed by atoms with Gasteiger partial charge in [-0.1, -0.05) is 31.2 Å². The minimum Gasteiger partial charge on any atom is -0.468 e. The Balaban J connectivity index is 0.000000593. The zero-order valence-corrected chi connectivity index (χ0v) is 15.1. The largest absolute Gasteiger partial charge is 0.468 e. The average molecular weight is 351 g/mol. The Labute approximate surface area is 145 Å². The number of thioether (sulfide) groups is 1. The highest BCUT2D eigenvalue weighted by atomic mass is 32.2. The molecule has 2 rings (SSSR count). The third-order valence-electron chi connectivity index (χ3n) is 2.87. The summed E-state index contributed by atoms with van der Waals surface area (Å²) in [5.41, 5.74) is 1.41. The van der Waals surface area contributed by atoms with Crippen LogP contribution in [0, 0.1) is 0 Å². The molecular formula is C17H21NO3S2. The molecule has 0 aliphatic heterocycles. The maximum Gasteiger partial charge on any atom is 0.325 e. The summed E-state index contributed by atoms with van der Waals surface area (Å²) in [6, 6.07) is 11.2. The number of carbonyl (C=O) groups excluding carboxylic acids is 2. The van der Waals surface area contributed by atoms with Gasteiger partial charge >= 0.3 is 5.97 Å². The van der Waals surface area contributed by atoms with Gasteiger partial charge in [0.1, 0.15) is 6.54 Å². The van der Waals surface area contributed by atoms with Crippen LogP contribution in [0.25, 0.3) is 10.4 Å². The van der Waals surface area contributed by atoms with Gasteiger partial charge in [0.05, 0.1) is 7.11 Å². The van der Waals surface area contributed by atoms with Crippen LogP contribution in [0.15, 0.2) is 41.8 Å². The zero-order valence-electron chi connectivity index (χ0n) is 13.5. The monoisotopic (exact) mass is 351 g/mol. The van der Waals surface area contributed by atoms with Crippen LogP contribution in [-0.2, 0) is 9.53 Å². The molecule has 0 unspecified atom stereocenters. The summed E-state index contributed by atoms with van der Waals surface area (Å²) in [7, 11) is 1.29. The van der Waals surface area contributed by atoms with Gasteiger partial charge in [-0.15, -0.1) is 11.3 Å². The summed E-state index contributed by atoms with van der Waals surface area (Å²) >= 11 is 3.42. The number of thiophene rings is 1. The molecule has 0 radical (unpaired) electrons. The molecule has 23 heavy (non-hydrogen) atoms. The molecule has 6 heteroatoms. The van der Waals surface area contributed by atoms with Crippen molar-refractivity contribution in [2.24, 2.45) is 0 Å². The Morgan fingerprint density at radius 1 is 1.22 bits per heavy atom. The van der Waals surface area contributed by atoms with Crippen LogP contribution in [0.3, 0.4) is 0 Å². The lowest BCUT2D eigenvalue weighted by atomic mass is 10.1. The first-order valence-electron chi connectivity index (χ1n) is 7.10. The van der Waals surface area contributed by atoms with Crippen molar-refractivity contribution in [1.29, 1.82) is 0 Å². The van der Waals surface area contributed by atoms with Crippen LogP contribution < -0.4 is 5.32 Å². The van der Waals surface area contributed by atoms with Crippen molar-refractivity contribution in [3.05, 3.63) is 47.3 Å². The normalized spacial score (nSPS) is 9.52. The molecule has 1 N–H and O–H groups in total. The van der Waals surface area contributed by atoms with Crippen LogP contribution >= 0.6 is 23.1 Å². The number of esters is 1. The number of rotatable bonds is 5. The van der Waals surface area contributed by atoms with Crippen molar-refractivity contribution in [2.75, 3.05) is 25.7 Å². The molecule has 1 aromatic carbocycles. The van der Waals surface area contributed by atoms with E-state index in [0.717, 1.165) is 10.4 Å². The van der Waals surface area contributed by atoms with Crippen molar-refractivity contribution in [3.8, 4) is 10.4 Å². The van der Waals surface area contributed by atoms with E-state index in [1.54, 1.807) is 23.5 Å². The van der Waals surface area contributed by atoms with E-state index in [1.165, 1.54) is 12.9 Å². The second kappa shape index (κ2) is 10.9. The molecule has 1 aromatic heterocycles. The van der Waals surface area contributed by atoms with Crippen molar-refractivity contribution in [1.82, 2.24) is 5.32 Å². The number of amides is 1.